The largest absolute Gasteiger partial charge is 0.478 e. The van der Waals surface area contributed by atoms with Gasteiger partial charge >= 0.3 is 5.97 Å². The lowest BCUT2D eigenvalue weighted by molar-refractivity contribution is 0.0696. The van der Waals surface area contributed by atoms with Crippen molar-refractivity contribution in [3.8, 4) is 11.5 Å². The lowest BCUT2D eigenvalue weighted by Gasteiger charge is -2.08. The Morgan fingerprint density at radius 3 is 2.42 bits per heavy atom. The lowest BCUT2D eigenvalue weighted by Crippen LogP contribution is -2.10. The molecule has 0 aliphatic heterocycles. The second-order valence-electron chi connectivity index (χ2n) is 4.55. The number of nitrogens with zero attached hydrogens (tertiary/aromatic N) is 3. The number of benzene rings is 1. The van der Waals surface area contributed by atoms with Crippen molar-refractivity contribution in [2.45, 2.75) is 13.8 Å². The van der Waals surface area contributed by atoms with E-state index in [1.54, 1.807) is 32.0 Å². The van der Waals surface area contributed by atoms with Crippen LogP contribution in [0.25, 0.3) is 11.5 Å². The van der Waals surface area contributed by atoms with Crippen LogP contribution in [-0.2, 0) is 0 Å². The van der Waals surface area contributed by atoms with E-state index in [1.807, 2.05) is 13.0 Å². The van der Waals surface area contributed by atoms with E-state index in [-0.39, 0.29) is 11.5 Å². The molecule has 0 saturated carbocycles. The van der Waals surface area contributed by atoms with Gasteiger partial charge in [0, 0.05) is 14.1 Å². The van der Waals surface area contributed by atoms with Crippen LogP contribution < -0.4 is 4.90 Å². The van der Waals surface area contributed by atoms with Gasteiger partial charge in [0.1, 0.15) is 0 Å². The first-order valence-corrected chi connectivity index (χ1v) is 5.76. The van der Waals surface area contributed by atoms with E-state index < -0.39 is 5.97 Å². The van der Waals surface area contributed by atoms with Gasteiger partial charge in [-0.15, -0.1) is 0 Å². The first-order chi connectivity index (χ1) is 8.91. The second kappa shape index (κ2) is 4.72. The lowest BCUT2D eigenvalue weighted by atomic mass is 9.97. The first-order valence-electron chi connectivity index (χ1n) is 5.76. The van der Waals surface area contributed by atoms with E-state index in [2.05, 4.69) is 10.1 Å². The molecule has 0 fully saturated rings. The maximum atomic E-state index is 11.4. The van der Waals surface area contributed by atoms with Gasteiger partial charge in [0.2, 0.25) is 0 Å². The molecule has 0 bridgehead atoms. The summed E-state index contributed by atoms with van der Waals surface area (Å²) in [7, 11) is 3.58. The van der Waals surface area contributed by atoms with E-state index in [0.29, 0.717) is 17.1 Å². The van der Waals surface area contributed by atoms with Crippen molar-refractivity contribution in [3.05, 3.63) is 28.8 Å². The number of aromatic nitrogens is 2. The predicted octanol–water partition coefficient (Wildman–Crippen LogP) is 2.12. The van der Waals surface area contributed by atoms with Crippen LogP contribution in [0.5, 0.6) is 0 Å². The normalized spacial score (nSPS) is 10.5. The summed E-state index contributed by atoms with van der Waals surface area (Å²) in [6.45, 7) is 3.57. The van der Waals surface area contributed by atoms with Gasteiger partial charge in [-0.3, -0.25) is 0 Å². The van der Waals surface area contributed by atoms with Crippen LogP contribution in [0.3, 0.4) is 0 Å². The molecule has 1 heterocycles. The molecule has 0 spiro atoms. The number of rotatable bonds is 3. The minimum Gasteiger partial charge on any atom is -0.478 e. The van der Waals surface area contributed by atoms with Crippen molar-refractivity contribution in [3.63, 3.8) is 0 Å². The van der Waals surface area contributed by atoms with Crippen molar-refractivity contribution >= 4 is 11.9 Å². The SMILES string of the molecule is Cc1ccc(C)c(-c2nc(N(C)C)no2)c1C(=O)O. The van der Waals surface area contributed by atoms with Crippen LogP contribution in [0, 0.1) is 13.8 Å². The van der Waals surface area contributed by atoms with Crippen molar-refractivity contribution < 1.29 is 14.4 Å². The molecule has 1 aromatic carbocycles. The van der Waals surface area contributed by atoms with Crippen molar-refractivity contribution in [1.29, 1.82) is 0 Å². The molecule has 0 atom stereocenters. The van der Waals surface area contributed by atoms with Gasteiger partial charge in [-0.1, -0.05) is 12.1 Å². The van der Waals surface area contributed by atoms with Gasteiger partial charge in [-0.05, 0) is 30.1 Å². The molecule has 0 aliphatic carbocycles. The Labute approximate surface area is 110 Å². The Kier molecular flexibility index (Phi) is 3.25. The Hall–Kier alpha value is -2.37. The number of anilines is 1. The topological polar surface area (TPSA) is 79.5 Å². The second-order valence-corrected chi connectivity index (χ2v) is 4.55. The van der Waals surface area contributed by atoms with Crippen LogP contribution in [0.2, 0.25) is 0 Å². The smallest absolute Gasteiger partial charge is 0.336 e. The quantitative estimate of drug-likeness (QED) is 0.911. The average Bonchev–Trinajstić information content (AvgIpc) is 2.80. The maximum Gasteiger partial charge on any atom is 0.336 e. The number of aryl methyl sites for hydroxylation is 2. The minimum atomic E-state index is -0.999. The van der Waals surface area contributed by atoms with Crippen molar-refractivity contribution in [1.82, 2.24) is 10.1 Å². The minimum absolute atomic E-state index is 0.203. The van der Waals surface area contributed by atoms with Gasteiger partial charge in [0.15, 0.2) is 0 Å². The molecule has 2 aromatic rings. The summed E-state index contributed by atoms with van der Waals surface area (Å²) in [6, 6.07) is 3.61. The number of hydrogen-bond donors (Lipinski definition) is 1. The Morgan fingerprint density at radius 2 is 1.89 bits per heavy atom. The average molecular weight is 261 g/mol. The zero-order valence-electron chi connectivity index (χ0n) is 11.3. The molecule has 2 rings (SSSR count). The molecule has 1 aromatic heterocycles. The fraction of sp³-hybridized carbons (Fsp3) is 0.308. The summed E-state index contributed by atoms with van der Waals surface area (Å²) in [6.07, 6.45) is 0. The zero-order chi connectivity index (χ0) is 14.2. The summed E-state index contributed by atoms with van der Waals surface area (Å²) in [5, 5.41) is 13.2. The number of carbonyl (C=O) groups is 1. The molecule has 19 heavy (non-hydrogen) atoms. The van der Waals surface area contributed by atoms with Gasteiger partial charge in [-0.25, -0.2) is 4.79 Å². The van der Waals surface area contributed by atoms with Crippen LogP contribution in [0.1, 0.15) is 21.5 Å². The third-order valence-corrected chi connectivity index (χ3v) is 2.87. The van der Waals surface area contributed by atoms with Crippen LogP contribution >= 0.6 is 0 Å². The van der Waals surface area contributed by atoms with Crippen LogP contribution in [0.4, 0.5) is 5.95 Å². The fourth-order valence-electron chi connectivity index (χ4n) is 1.86. The summed E-state index contributed by atoms with van der Waals surface area (Å²) >= 11 is 0. The maximum absolute atomic E-state index is 11.4. The molecule has 6 nitrogen and oxygen atoms in total. The van der Waals surface area contributed by atoms with Gasteiger partial charge < -0.3 is 14.5 Å². The molecule has 6 heteroatoms. The summed E-state index contributed by atoms with van der Waals surface area (Å²) in [4.78, 5) is 17.3. The first kappa shape index (κ1) is 13.1. The van der Waals surface area contributed by atoms with Gasteiger partial charge in [-0.2, -0.15) is 4.98 Å². The highest BCUT2D eigenvalue weighted by Gasteiger charge is 2.22. The Bertz CT molecular complexity index is 632. The van der Waals surface area contributed by atoms with E-state index in [1.165, 1.54) is 0 Å². The number of carboxylic acids is 1. The highest BCUT2D eigenvalue weighted by molar-refractivity contribution is 5.97. The summed E-state index contributed by atoms with van der Waals surface area (Å²) in [5.41, 5.74) is 2.14. The third kappa shape index (κ3) is 2.29. The monoisotopic (exact) mass is 261 g/mol. The van der Waals surface area contributed by atoms with Crippen molar-refractivity contribution in [2.24, 2.45) is 0 Å². The van der Waals surface area contributed by atoms with Crippen molar-refractivity contribution in [2.75, 3.05) is 19.0 Å². The number of hydrogen-bond acceptors (Lipinski definition) is 5. The number of carboxylic acid groups (broad SMARTS) is 1. The standard InChI is InChI=1S/C13H15N3O3/c1-7-5-6-8(2)10(12(17)18)9(7)11-14-13(15-19-11)16(3)4/h5-6H,1-4H3,(H,17,18). The highest BCUT2D eigenvalue weighted by Crippen LogP contribution is 2.29. The Balaban J connectivity index is 2.66. The molecular formula is C13H15N3O3. The molecular weight excluding hydrogens is 246 g/mol. The molecule has 0 aliphatic rings. The highest BCUT2D eigenvalue weighted by atomic mass is 16.5. The molecule has 0 amide bonds. The molecule has 100 valence electrons. The van der Waals surface area contributed by atoms with Gasteiger partial charge in [0.05, 0.1) is 11.1 Å². The molecule has 0 saturated heterocycles. The summed E-state index contributed by atoms with van der Waals surface area (Å²) < 4.78 is 5.17. The van der Waals surface area contributed by atoms with Gasteiger partial charge in [0.25, 0.3) is 11.8 Å². The Morgan fingerprint density at radius 1 is 1.26 bits per heavy atom. The van der Waals surface area contributed by atoms with Crippen LogP contribution in [-0.4, -0.2) is 35.3 Å². The number of aromatic carboxylic acids is 1. The van der Waals surface area contributed by atoms with E-state index in [4.69, 9.17) is 4.52 Å². The van der Waals surface area contributed by atoms with Crippen LogP contribution in [0.15, 0.2) is 16.7 Å². The molecule has 1 N–H and O–H groups in total. The van der Waals surface area contributed by atoms with E-state index >= 15 is 0 Å². The molecule has 0 radical (unpaired) electrons. The summed E-state index contributed by atoms with van der Waals surface area (Å²) in [5.74, 6) is -0.365. The third-order valence-electron chi connectivity index (χ3n) is 2.87. The van der Waals surface area contributed by atoms with E-state index in [9.17, 15) is 9.90 Å². The predicted molar refractivity (Wildman–Crippen MR) is 70.5 cm³/mol. The fourth-order valence-corrected chi connectivity index (χ4v) is 1.86. The van der Waals surface area contributed by atoms with E-state index in [0.717, 1.165) is 5.56 Å². The molecule has 0 unspecified atom stereocenters. The zero-order valence-corrected chi connectivity index (χ0v) is 11.3.